The molecule has 0 atom stereocenters. The summed E-state index contributed by atoms with van der Waals surface area (Å²) in [4.78, 5) is 23.5. The minimum atomic E-state index is -0.500. The predicted octanol–water partition coefficient (Wildman–Crippen LogP) is 4.05. The van der Waals surface area contributed by atoms with E-state index in [0.717, 1.165) is 5.57 Å². The van der Waals surface area contributed by atoms with Crippen molar-refractivity contribution >= 4 is 11.9 Å². The molecule has 6 nitrogen and oxygen atoms in total. The lowest BCUT2D eigenvalue weighted by atomic mass is 10.2. The van der Waals surface area contributed by atoms with Crippen LogP contribution in [-0.4, -0.2) is 31.8 Å². The third-order valence-electron chi connectivity index (χ3n) is 3.04. The summed E-state index contributed by atoms with van der Waals surface area (Å²) >= 11 is 0. The Bertz CT molecular complexity index is 648. The van der Waals surface area contributed by atoms with Crippen LogP contribution in [0.4, 0.5) is 0 Å². The standard InChI is InChI=1S/C20H26O6/c1-5-19(21)26-18-13-16(20(22)24-6-2)12-17(14-18)25-10-7-9-23-11-8-15(3)4/h8,11-14H,3,5-7,9-10H2,1-2,4H3. The second kappa shape index (κ2) is 11.7. The maximum Gasteiger partial charge on any atom is 0.338 e. The Kier molecular flexibility index (Phi) is 9.61. The first-order valence-corrected chi connectivity index (χ1v) is 8.55. The molecule has 0 heterocycles. The molecule has 142 valence electrons. The number of ether oxygens (including phenoxy) is 4. The van der Waals surface area contributed by atoms with Crippen LogP contribution in [0.1, 0.15) is 44.0 Å². The summed E-state index contributed by atoms with van der Waals surface area (Å²) in [6, 6.07) is 4.59. The smallest absolute Gasteiger partial charge is 0.338 e. The Morgan fingerprint density at radius 2 is 1.85 bits per heavy atom. The average Bonchev–Trinajstić information content (AvgIpc) is 2.60. The third kappa shape index (κ3) is 8.37. The predicted molar refractivity (Wildman–Crippen MR) is 98.3 cm³/mol. The highest BCUT2D eigenvalue weighted by molar-refractivity contribution is 5.90. The topological polar surface area (TPSA) is 71.1 Å². The fourth-order valence-corrected chi connectivity index (χ4v) is 1.81. The van der Waals surface area contributed by atoms with E-state index in [9.17, 15) is 9.59 Å². The Balaban J connectivity index is 2.68. The van der Waals surface area contributed by atoms with Crippen molar-refractivity contribution in [3.63, 3.8) is 0 Å². The molecule has 0 aliphatic rings. The van der Waals surface area contributed by atoms with Crippen LogP contribution in [-0.2, 0) is 14.3 Å². The summed E-state index contributed by atoms with van der Waals surface area (Å²) in [6.45, 7) is 10.1. The number of benzene rings is 1. The van der Waals surface area contributed by atoms with Gasteiger partial charge in [-0.05, 0) is 32.1 Å². The van der Waals surface area contributed by atoms with Gasteiger partial charge in [-0.1, -0.05) is 19.1 Å². The Hall–Kier alpha value is -2.76. The van der Waals surface area contributed by atoms with Crippen LogP contribution in [0, 0.1) is 0 Å². The maximum absolute atomic E-state index is 12.0. The fraction of sp³-hybridized carbons (Fsp3) is 0.400. The summed E-state index contributed by atoms with van der Waals surface area (Å²) < 4.78 is 21.1. The summed E-state index contributed by atoms with van der Waals surface area (Å²) in [5.41, 5.74) is 1.18. The number of allylic oxidation sites excluding steroid dienone is 2. The summed E-state index contributed by atoms with van der Waals surface area (Å²) in [5, 5.41) is 0. The van der Waals surface area contributed by atoms with E-state index in [2.05, 4.69) is 6.58 Å². The van der Waals surface area contributed by atoms with Gasteiger partial charge >= 0.3 is 11.9 Å². The zero-order valence-electron chi connectivity index (χ0n) is 15.6. The number of esters is 2. The van der Waals surface area contributed by atoms with Crippen molar-refractivity contribution in [3.8, 4) is 11.5 Å². The first kappa shape index (κ1) is 21.3. The highest BCUT2D eigenvalue weighted by atomic mass is 16.5. The van der Waals surface area contributed by atoms with E-state index in [4.69, 9.17) is 18.9 Å². The first-order chi connectivity index (χ1) is 12.5. The van der Waals surface area contributed by atoms with Gasteiger partial charge in [0.25, 0.3) is 0 Å². The minimum Gasteiger partial charge on any atom is -0.501 e. The van der Waals surface area contributed by atoms with E-state index >= 15 is 0 Å². The van der Waals surface area contributed by atoms with Crippen LogP contribution in [0.15, 0.2) is 42.7 Å². The van der Waals surface area contributed by atoms with Gasteiger partial charge in [0.05, 0.1) is 31.6 Å². The number of rotatable bonds is 11. The van der Waals surface area contributed by atoms with Crippen molar-refractivity contribution < 1.29 is 28.5 Å². The van der Waals surface area contributed by atoms with Gasteiger partial charge < -0.3 is 18.9 Å². The van der Waals surface area contributed by atoms with Crippen LogP contribution < -0.4 is 9.47 Å². The molecule has 1 rings (SSSR count). The lowest BCUT2D eigenvalue weighted by Gasteiger charge is -2.11. The second-order valence-electron chi connectivity index (χ2n) is 5.46. The molecular weight excluding hydrogens is 336 g/mol. The van der Waals surface area contributed by atoms with Gasteiger partial charge in [0.1, 0.15) is 11.5 Å². The van der Waals surface area contributed by atoms with Gasteiger partial charge in [-0.2, -0.15) is 0 Å². The molecular formula is C20H26O6. The van der Waals surface area contributed by atoms with Crippen molar-refractivity contribution in [2.24, 2.45) is 0 Å². The van der Waals surface area contributed by atoms with Gasteiger partial charge in [-0.3, -0.25) is 4.79 Å². The molecule has 0 saturated heterocycles. The van der Waals surface area contributed by atoms with Crippen LogP contribution >= 0.6 is 0 Å². The van der Waals surface area contributed by atoms with E-state index in [1.165, 1.54) is 6.07 Å². The molecule has 0 radical (unpaired) electrons. The molecule has 0 saturated carbocycles. The quantitative estimate of drug-likeness (QED) is 0.194. The highest BCUT2D eigenvalue weighted by Crippen LogP contribution is 2.24. The summed E-state index contributed by atoms with van der Waals surface area (Å²) in [6.07, 6.45) is 4.24. The maximum atomic E-state index is 12.0. The van der Waals surface area contributed by atoms with Crippen LogP contribution in [0.3, 0.4) is 0 Å². The average molecular weight is 362 g/mol. The zero-order chi connectivity index (χ0) is 19.4. The van der Waals surface area contributed by atoms with E-state index in [1.807, 2.05) is 6.92 Å². The second-order valence-corrected chi connectivity index (χ2v) is 5.46. The molecule has 0 N–H and O–H groups in total. The van der Waals surface area contributed by atoms with Gasteiger partial charge in [0.15, 0.2) is 0 Å². The van der Waals surface area contributed by atoms with E-state index < -0.39 is 11.9 Å². The van der Waals surface area contributed by atoms with E-state index in [-0.39, 0.29) is 24.3 Å². The number of hydrogen-bond acceptors (Lipinski definition) is 6. The number of carbonyl (C=O) groups is 2. The number of carbonyl (C=O) groups excluding carboxylic acids is 2. The van der Waals surface area contributed by atoms with E-state index in [1.54, 1.807) is 38.3 Å². The van der Waals surface area contributed by atoms with E-state index in [0.29, 0.717) is 25.4 Å². The summed E-state index contributed by atoms with van der Waals surface area (Å²) in [5.74, 6) is -0.223. The normalized spacial score (nSPS) is 10.4. The zero-order valence-corrected chi connectivity index (χ0v) is 15.6. The number of hydrogen-bond donors (Lipinski definition) is 0. The van der Waals surface area contributed by atoms with Gasteiger partial charge in [0.2, 0.25) is 0 Å². The van der Waals surface area contributed by atoms with Gasteiger partial charge in [0, 0.05) is 18.9 Å². The molecule has 0 fully saturated rings. The summed E-state index contributed by atoms with van der Waals surface area (Å²) in [7, 11) is 0. The Morgan fingerprint density at radius 3 is 2.50 bits per heavy atom. The van der Waals surface area contributed by atoms with Crippen LogP contribution in [0.5, 0.6) is 11.5 Å². The van der Waals surface area contributed by atoms with Gasteiger partial charge in [-0.25, -0.2) is 4.79 Å². The molecule has 1 aromatic rings. The fourth-order valence-electron chi connectivity index (χ4n) is 1.81. The molecule has 0 aromatic heterocycles. The molecule has 0 unspecified atom stereocenters. The SMILES string of the molecule is C=C(C)C=COCCCOc1cc(OC(=O)CC)cc(C(=O)OCC)c1. The highest BCUT2D eigenvalue weighted by Gasteiger charge is 2.13. The molecule has 0 spiro atoms. The van der Waals surface area contributed by atoms with Crippen LogP contribution in [0.25, 0.3) is 0 Å². The molecule has 0 bridgehead atoms. The monoisotopic (exact) mass is 362 g/mol. The molecule has 0 amide bonds. The van der Waals surface area contributed by atoms with Crippen molar-refractivity contribution in [2.75, 3.05) is 19.8 Å². The Morgan fingerprint density at radius 1 is 1.12 bits per heavy atom. The van der Waals surface area contributed by atoms with Crippen molar-refractivity contribution in [1.82, 2.24) is 0 Å². The van der Waals surface area contributed by atoms with Gasteiger partial charge in [-0.15, -0.1) is 0 Å². The van der Waals surface area contributed by atoms with Crippen molar-refractivity contribution in [2.45, 2.75) is 33.6 Å². The lowest BCUT2D eigenvalue weighted by molar-refractivity contribution is -0.134. The first-order valence-electron chi connectivity index (χ1n) is 8.55. The third-order valence-corrected chi connectivity index (χ3v) is 3.04. The van der Waals surface area contributed by atoms with Crippen LogP contribution in [0.2, 0.25) is 0 Å². The van der Waals surface area contributed by atoms with Crippen molar-refractivity contribution in [1.29, 1.82) is 0 Å². The minimum absolute atomic E-state index is 0.231. The van der Waals surface area contributed by atoms with Crippen molar-refractivity contribution in [3.05, 3.63) is 48.3 Å². The molecule has 0 aliphatic heterocycles. The molecule has 0 aliphatic carbocycles. The molecule has 26 heavy (non-hydrogen) atoms. The molecule has 6 heteroatoms. The lowest BCUT2D eigenvalue weighted by Crippen LogP contribution is -2.09. The Labute approximate surface area is 154 Å². The molecule has 1 aromatic carbocycles. The largest absolute Gasteiger partial charge is 0.501 e.